The molecule has 3 rings (SSSR count). The van der Waals surface area contributed by atoms with E-state index in [9.17, 15) is 4.79 Å². The molecule has 23 heavy (non-hydrogen) atoms. The average Bonchev–Trinajstić information content (AvgIpc) is 2.60. The van der Waals surface area contributed by atoms with E-state index >= 15 is 0 Å². The first-order chi connectivity index (χ1) is 11.2. The Balaban J connectivity index is 1.66. The molecule has 1 N–H and O–H groups in total. The van der Waals surface area contributed by atoms with Crippen LogP contribution < -0.4 is 5.32 Å². The average molecular weight is 305 g/mol. The van der Waals surface area contributed by atoms with Gasteiger partial charge >= 0.3 is 6.09 Å². The van der Waals surface area contributed by atoms with Crippen LogP contribution in [0, 0.1) is 0 Å². The Bertz CT molecular complexity index is 794. The molecule has 0 saturated carbocycles. The molecule has 3 nitrogen and oxygen atoms in total. The normalized spacial score (nSPS) is 11.9. The summed E-state index contributed by atoms with van der Waals surface area (Å²) in [7, 11) is 0. The third kappa shape index (κ3) is 3.69. The van der Waals surface area contributed by atoms with Crippen molar-refractivity contribution in [3.8, 4) is 0 Å². The maximum Gasteiger partial charge on any atom is 0.407 e. The third-order valence-corrected chi connectivity index (χ3v) is 3.84. The molecule has 3 aromatic rings. The van der Waals surface area contributed by atoms with Gasteiger partial charge in [-0.15, -0.1) is 0 Å². The molecule has 0 aliphatic carbocycles. The summed E-state index contributed by atoms with van der Waals surface area (Å²) < 4.78 is 5.28. The number of benzene rings is 3. The standard InChI is InChI=1S/C20H19NO2/c1-15(18-13-7-11-17-10-5-6-12-19(17)18)21-20(22)23-14-16-8-3-2-4-9-16/h2-13,15H,14H2,1H3,(H,21,22). The number of ether oxygens (including phenoxy) is 1. The van der Waals surface area contributed by atoms with Crippen molar-refractivity contribution in [3.05, 3.63) is 83.9 Å². The maximum atomic E-state index is 12.0. The van der Waals surface area contributed by atoms with Crippen molar-refractivity contribution in [2.75, 3.05) is 0 Å². The highest BCUT2D eigenvalue weighted by molar-refractivity contribution is 5.86. The smallest absolute Gasteiger partial charge is 0.407 e. The second-order valence-corrected chi connectivity index (χ2v) is 5.50. The van der Waals surface area contributed by atoms with Gasteiger partial charge in [-0.1, -0.05) is 72.8 Å². The van der Waals surface area contributed by atoms with Crippen LogP contribution in [0.15, 0.2) is 72.8 Å². The minimum atomic E-state index is -0.408. The molecule has 0 saturated heterocycles. The number of hydrogen-bond acceptors (Lipinski definition) is 2. The monoisotopic (exact) mass is 305 g/mol. The van der Waals surface area contributed by atoms with E-state index in [1.54, 1.807) is 0 Å². The molecule has 0 aliphatic rings. The van der Waals surface area contributed by atoms with Gasteiger partial charge in [0, 0.05) is 0 Å². The minimum Gasteiger partial charge on any atom is -0.445 e. The summed E-state index contributed by atoms with van der Waals surface area (Å²) in [5.41, 5.74) is 2.06. The number of amides is 1. The van der Waals surface area contributed by atoms with E-state index in [0.717, 1.165) is 21.9 Å². The minimum absolute atomic E-state index is 0.121. The molecule has 1 amide bonds. The van der Waals surface area contributed by atoms with Crippen LogP contribution in [0.1, 0.15) is 24.1 Å². The molecule has 116 valence electrons. The Hall–Kier alpha value is -2.81. The van der Waals surface area contributed by atoms with Gasteiger partial charge in [0.25, 0.3) is 0 Å². The summed E-state index contributed by atoms with van der Waals surface area (Å²) in [6.07, 6.45) is -0.408. The van der Waals surface area contributed by atoms with Crippen LogP contribution in [0.25, 0.3) is 10.8 Å². The quantitative estimate of drug-likeness (QED) is 0.750. The van der Waals surface area contributed by atoms with Crippen LogP contribution in [0.5, 0.6) is 0 Å². The summed E-state index contributed by atoms with van der Waals surface area (Å²) in [4.78, 5) is 12.0. The lowest BCUT2D eigenvalue weighted by atomic mass is 10.00. The van der Waals surface area contributed by atoms with Crippen LogP contribution in [-0.2, 0) is 11.3 Å². The van der Waals surface area contributed by atoms with Gasteiger partial charge in [0.15, 0.2) is 0 Å². The largest absolute Gasteiger partial charge is 0.445 e. The molecule has 0 bridgehead atoms. The number of nitrogens with one attached hydrogen (secondary N) is 1. The Morgan fingerprint density at radius 2 is 1.65 bits per heavy atom. The molecule has 0 aromatic heterocycles. The van der Waals surface area contributed by atoms with E-state index in [-0.39, 0.29) is 12.6 Å². The van der Waals surface area contributed by atoms with E-state index in [1.165, 1.54) is 0 Å². The second-order valence-electron chi connectivity index (χ2n) is 5.50. The summed E-state index contributed by atoms with van der Waals surface area (Å²) in [6.45, 7) is 2.24. The Kier molecular flexibility index (Phi) is 4.57. The van der Waals surface area contributed by atoms with Crippen LogP contribution in [0.3, 0.4) is 0 Å². The molecule has 1 atom stereocenters. The summed E-state index contributed by atoms with van der Waals surface area (Å²) in [5, 5.41) is 5.20. The van der Waals surface area contributed by atoms with Crippen molar-refractivity contribution in [3.63, 3.8) is 0 Å². The van der Waals surface area contributed by atoms with Crippen molar-refractivity contribution in [1.29, 1.82) is 0 Å². The summed E-state index contributed by atoms with van der Waals surface area (Å²) in [5.74, 6) is 0. The molecule has 3 heteroatoms. The van der Waals surface area contributed by atoms with Crippen molar-refractivity contribution in [1.82, 2.24) is 5.32 Å². The van der Waals surface area contributed by atoms with Gasteiger partial charge < -0.3 is 10.1 Å². The first kappa shape index (κ1) is 15.1. The van der Waals surface area contributed by atoms with E-state index in [0.29, 0.717) is 0 Å². The van der Waals surface area contributed by atoms with Gasteiger partial charge in [-0.05, 0) is 28.8 Å². The molecule has 0 heterocycles. The van der Waals surface area contributed by atoms with Crippen LogP contribution in [0.4, 0.5) is 4.79 Å². The number of hydrogen-bond donors (Lipinski definition) is 1. The highest BCUT2D eigenvalue weighted by atomic mass is 16.5. The van der Waals surface area contributed by atoms with E-state index < -0.39 is 6.09 Å². The van der Waals surface area contributed by atoms with Crippen molar-refractivity contribution in [2.24, 2.45) is 0 Å². The van der Waals surface area contributed by atoms with Gasteiger partial charge in [0.1, 0.15) is 6.61 Å². The molecule has 0 spiro atoms. The fourth-order valence-corrected chi connectivity index (χ4v) is 2.65. The molecular formula is C20H19NO2. The van der Waals surface area contributed by atoms with Gasteiger partial charge in [0.05, 0.1) is 6.04 Å². The number of alkyl carbamates (subject to hydrolysis) is 1. The van der Waals surface area contributed by atoms with Crippen LogP contribution in [0.2, 0.25) is 0 Å². The molecule has 1 unspecified atom stereocenters. The number of rotatable bonds is 4. The van der Waals surface area contributed by atoms with E-state index in [2.05, 4.69) is 23.5 Å². The number of fused-ring (bicyclic) bond motifs is 1. The Labute approximate surface area is 135 Å². The highest BCUT2D eigenvalue weighted by Gasteiger charge is 2.12. The SMILES string of the molecule is CC(NC(=O)OCc1ccccc1)c1cccc2ccccc12. The number of carbonyl (C=O) groups excluding carboxylic acids is 1. The van der Waals surface area contributed by atoms with Gasteiger partial charge in [-0.3, -0.25) is 0 Å². The third-order valence-electron chi connectivity index (χ3n) is 3.84. The lowest BCUT2D eigenvalue weighted by Crippen LogP contribution is -2.27. The molecule has 0 fully saturated rings. The fraction of sp³-hybridized carbons (Fsp3) is 0.150. The van der Waals surface area contributed by atoms with Crippen molar-refractivity contribution >= 4 is 16.9 Å². The summed E-state index contributed by atoms with van der Waals surface area (Å²) in [6, 6.07) is 23.8. The van der Waals surface area contributed by atoms with Gasteiger partial charge in [-0.2, -0.15) is 0 Å². The first-order valence-corrected chi connectivity index (χ1v) is 7.69. The lowest BCUT2D eigenvalue weighted by Gasteiger charge is -2.16. The van der Waals surface area contributed by atoms with Crippen LogP contribution in [-0.4, -0.2) is 6.09 Å². The predicted octanol–water partition coefficient (Wildman–Crippen LogP) is 4.83. The topological polar surface area (TPSA) is 38.3 Å². The van der Waals surface area contributed by atoms with Crippen LogP contribution >= 0.6 is 0 Å². The molecule has 0 aliphatic heterocycles. The first-order valence-electron chi connectivity index (χ1n) is 7.69. The summed E-state index contributed by atoms with van der Waals surface area (Å²) >= 11 is 0. The number of carbonyl (C=O) groups is 1. The zero-order chi connectivity index (χ0) is 16.1. The molecule has 3 aromatic carbocycles. The van der Waals surface area contributed by atoms with E-state index in [1.807, 2.05) is 61.5 Å². The zero-order valence-corrected chi connectivity index (χ0v) is 13.0. The second kappa shape index (κ2) is 6.97. The van der Waals surface area contributed by atoms with Crippen molar-refractivity contribution < 1.29 is 9.53 Å². The Morgan fingerprint density at radius 3 is 2.48 bits per heavy atom. The highest BCUT2D eigenvalue weighted by Crippen LogP contribution is 2.24. The van der Waals surface area contributed by atoms with E-state index in [4.69, 9.17) is 4.74 Å². The van der Waals surface area contributed by atoms with Gasteiger partial charge in [-0.25, -0.2) is 4.79 Å². The molecule has 0 radical (unpaired) electrons. The zero-order valence-electron chi connectivity index (χ0n) is 13.0. The maximum absolute atomic E-state index is 12.0. The predicted molar refractivity (Wildman–Crippen MR) is 92.1 cm³/mol. The molecular weight excluding hydrogens is 286 g/mol. The fourth-order valence-electron chi connectivity index (χ4n) is 2.65. The van der Waals surface area contributed by atoms with Gasteiger partial charge in [0.2, 0.25) is 0 Å². The Morgan fingerprint density at radius 1 is 0.957 bits per heavy atom. The lowest BCUT2D eigenvalue weighted by molar-refractivity contribution is 0.136. The van der Waals surface area contributed by atoms with Crippen molar-refractivity contribution in [2.45, 2.75) is 19.6 Å².